The molecule has 0 spiro atoms. The monoisotopic (exact) mass is 319 g/mol. The molecule has 0 radical (unpaired) electrons. The number of urea groups is 1. The first-order chi connectivity index (χ1) is 11.1. The van der Waals surface area contributed by atoms with Crippen molar-refractivity contribution in [2.45, 2.75) is 81.8 Å². The van der Waals surface area contributed by atoms with Crippen LogP contribution in [0, 0.1) is 5.92 Å². The summed E-state index contributed by atoms with van der Waals surface area (Å²) < 4.78 is 0. The predicted molar refractivity (Wildman–Crippen MR) is 83.5 cm³/mol. The molecule has 4 fully saturated rings. The lowest BCUT2D eigenvalue weighted by molar-refractivity contribution is -0.143. The number of imide groups is 1. The van der Waals surface area contributed by atoms with Crippen LogP contribution in [0.2, 0.25) is 0 Å². The topological polar surface area (TPSA) is 78.5 Å². The number of amides is 4. The molecule has 6 heteroatoms. The standard InChI is InChI=1S/C17H25N3O3/c21-14-11-8-9-17(10-11,15(22)19-14)20-13-7-5-3-1-2-4-6-12(13)18-16(20)23/h11-13H,1-10H2,(H,18,23)(H,19,21,22). The second-order valence-electron chi connectivity index (χ2n) is 7.63. The molecule has 2 aliphatic heterocycles. The first kappa shape index (κ1) is 15.0. The molecule has 6 nitrogen and oxygen atoms in total. The van der Waals surface area contributed by atoms with E-state index >= 15 is 0 Å². The van der Waals surface area contributed by atoms with Crippen molar-refractivity contribution in [2.75, 3.05) is 0 Å². The average Bonchev–Trinajstić information content (AvgIpc) is 3.07. The smallest absolute Gasteiger partial charge is 0.318 e. The van der Waals surface area contributed by atoms with Gasteiger partial charge in [0.2, 0.25) is 5.91 Å². The molecule has 0 aromatic rings. The normalized spacial score (nSPS) is 40.8. The molecule has 23 heavy (non-hydrogen) atoms. The highest BCUT2D eigenvalue weighted by Crippen LogP contribution is 2.46. The van der Waals surface area contributed by atoms with Crippen molar-refractivity contribution in [3.05, 3.63) is 0 Å². The van der Waals surface area contributed by atoms with Gasteiger partial charge in [0.25, 0.3) is 5.91 Å². The van der Waals surface area contributed by atoms with Gasteiger partial charge in [-0.1, -0.05) is 32.1 Å². The Morgan fingerprint density at radius 3 is 2.52 bits per heavy atom. The number of fused-ring (bicyclic) bond motifs is 3. The zero-order valence-electron chi connectivity index (χ0n) is 13.5. The van der Waals surface area contributed by atoms with Gasteiger partial charge >= 0.3 is 6.03 Å². The van der Waals surface area contributed by atoms with E-state index in [0.29, 0.717) is 19.3 Å². The Kier molecular flexibility index (Phi) is 3.58. The van der Waals surface area contributed by atoms with Gasteiger partial charge in [-0.15, -0.1) is 0 Å². The molecule has 2 bridgehead atoms. The number of nitrogens with one attached hydrogen (secondary N) is 2. The number of hydrogen-bond donors (Lipinski definition) is 2. The Labute approximate surface area is 136 Å². The van der Waals surface area contributed by atoms with Crippen molar-refractivity contribution in [1.82, 2.24) is 15.5 Å². The average molecular weight is 319 g/mol. The van der Waals surface area contributed by atoms with Crippen molar-refractivity contribution in [3.8, 4) is 0 Å². The van der Waals surface area contributed by atoms with E-state index in [1.165, 1.54) is 19.3 Å². The Morgan fingerprint density at radius 2 is 1.70 bits per heavy atom. The van der Waals surface area contributed by atoms with E-state index in [-0.39, 0.29) is 35.8 Å². The first-order valence-corrected chi connectivity index (χ1v) is 9.07. The summed E-state index contributed by atoms with van der Waals surface area (Å²) in [6.45, 7) is 0. The third kappa shape index (κ3) is 2.25. The molecule has 4 aliphatic rings. The van der Waals surface area contributed by atoms with Crippen molar-refractivity contribution >= 4 is 17.8 Å². The van der Waals surface area contributed by atoms with Crippen molar-refractivity contribution in [1.29, 1.82) is 0 Å². The summed E-state index contributed by atoms with van der Waals surface area (Å²) in [5.41, 5.74) is -0.796. The van der Waals surface area contributed by atoms with Crippen LogP contribution >= 0.6 is 0 Å². The minimum absolute atomic E-state index is 0.0957. The maximum Gasteiger partial charge on any atom is 0.318 e. The molecule has 2 saturated carbocycles. The summed E-state index contributed by atoms with van der Waals surface area (Å²) in [4.78, 5) is 39.1. The van der Waals surface area contributed by atoms with Crippen molar-refractivity contribution in [2.24, 2.45) is 5.92 Å². The molecule has 2 N–H and O–H groups in total. The van der Waals surface area contributed by atoms with Gasteiger partial charge in [-0.2, -0.15) is 0 Å². The van der Waals surface area contributed by atoms with E-state index in [4.69, 9.17) is 0 Å². The van der Waals surface area contributed by atoms with E-state index in [0.717, 1.165) is 25.7 Å². The Balaban J connectivity index is 1.65. The van der Waals surface area contributed by atoms with Crippen LogP contribution in [0.3, 0.4) is 0 Å². The molecule has 4 unspecified atom stereocenters. The Bertz CT molecular complexity index is 549. The largest absolute Gasteiger partial charge is 0.333 e. The lowest BCUT2D eigenvalue weighted by Crippen LogP contribution is -2.64. The summed E-state index contributed by atoms with van der Waals surface area (Å²) in [5, 5.41) is 5.65. The SMILES string of the molecule is O=C1NC(=O)C2(N3C(=O)NC4CCCCCCCC43)CCC1C2. The Hall–Kier alpha value is -1.59. The van der Waals surface area contributed by atoms with E-state index < -0.39 is 5.54 Å². The first-order valence-electron chi connectivity index (χ1n) is 9.07. The van der Waals surface area contributed by atoms with Gasteiger partial charge in [-0.3, -0.25) is 14.9 Å². The van der Waals surface area contributed by atoms with E-state index in [2.05, 4.69) is 10.6 Å². The second-order valence-corrected chi connectivity index (χ2v) is 7.63. The highest BCUT2D eigenvalue weighted by Gasteiger charge is 2.60. The fourth-order valence-electron chi connectivity index (χ4n) is 5.12. The summed E-state index contributed by atoms with van der Waals surface area (Å²) in [5.74, 6) is -0.531. The van der Waals surface area contributed by atoms with Gasteiger partial charge in [0.15, 0.2) is 0 Å². The fourth-order valence-corrected chi connectivity index (χ4v) is 5.12. The van der Waals surface area contributed by atoms with Gasteiger partial charge < -0.3 is 10.2 Å². The minimum atomic E-state index is -0.796. The number of carbonyl (C=O) groups is 3. The molecule has 0 aromatic carbocycles. The zero-order valence-corrected chi connectivity index (χ0v) is 13.5. The van der Waals surface area contributed by atoms with Crippen LogP contribution in [-0.4, -0.2) is 40.4 Å². The maximum absolute atomic E-state index is 12.7. The zero-order chi connectivity index (χ0) is 16.0. The van der Waals surface area contributed by atoms with Crippen molar-refractivity contribution < 1.29 is 14.4 Å². The molecular weight excluding hydrogens is 294 g/mol. The summed E-state index contributed by atoms with van der Waals surface area (Å²) in [6, 6.07) is 0.142. The van der Waals surface area contributed by atoms with Crippen LogP contribution in [0.1, 0.15) is 64.2 Å². The highest BCUT2D eigenvalue weighted by atomic mass is 16.2. The van der Waals surface area contributed by atoms with Gasteiger partial charge in [-0.25, -0.2) is 4.79 Å². The molecule has 2 aliphatic carbocycles. The molecule has 2 saturated heterocycles. The number of rotatable bonds is 1. The van der Waals surface area contributed by atoms with Gasteiger partial charge in [0, 0.05) is 5.92 Å². The second kappa shape index (κ2) is 5.49. The third-order valence-corrected chi connectivity index (χ3v) is 6.32. The van der Waals surface area contributed by atoms with E-state index in [1.54, 1.807) is 0 Å². The minimum Gasteiger partial charge on any atom is -0.333 e. The van der Waals surface area contributed by atoms with Crippen LogP contribution in [0.4, 0.5) is 4.79 Å². The van der Waals surface area contributed by atoms with E-state index in [9.17, 15) is 14.4 Å². The van der Waals surface area contributed by atoms with Crippen LogP contribution in [-0.2, 0) is 9.59 Å². The maximum atomic E-state index is 12.7. The number of carbonyl (C=O) groups excluding carboxylic acids is 3. The Morgan fingerprint density at radius 1 is 0.957 bits per heavy atom. The molecule has 4 atom stereocenters. The van der Waals surface area contributed by atoms with Crippen LogP contribution < -0.4 is 10.6 Å². The lowest BCUT2D eigenvalue weighted by atomic mass is 9.86. The van der Waals surface area contributed by atoms with Gasteiger partial charge in [0.05, 0.1) is 12.1 Å². The molecule has 2 heterocycles. The quantitative estimate of drug-likeness (QED) is 0.722. The molecule has 4 rings (SSSR count). The van der Waals surface area contributed by atoms with Crippen LogP contribution in [0.15, 0.2) is 0 Å². The molecular formula is C17H25N3O3. The van der Waals surface area contributed by atoms with Crippen LogP contribution in [0.25, 0.3) is 0 Å². The number of nitrogens with zero attached hydrogens (tertiary/aromatic N) is 1. The lowest BCUT2D eigenvalue weighted by Gasteiger charge is -2.42. The van der Waals surface area contributed by atoms with Gasteiger partial charge in [-0.05, 0) is 32.1 Å². The molecule has 0 aromatic heterocycles. The number of hydrogen-bond acceptors (Lipinski definition) is 3. The summed E-state index contributed by atoms with van der Waals surface area (Å²) >= 11 is 0. The summed E-state index contributed by atoms with van der Waals surface area (Å²) in [7, 11) is 0. The van der Waals surface area contributed by atoms with Crippen molar-refractivity contribution in [3.63, 3.8) is 0 Å². The van der Waals surface area contributed by atoms with Crippen LogP contribution in [0.5, 0.6) is 0 Å². The highest BCUT2D eigenvalue weighted by molar-refractivity contribution is 6.06. The molecule has 4 amide bonds. The number of piperidine rings is 1. The molecule has 126 valence electrons. The third-order valence-electron chi connectivity index (χ3n) is 6.32. The van der Waals surface area contributed by atoms with Gasteiger partial charge in [0.1, 0.15) is 5.54 Å². The fraction of sp³-hybridized carbons (Fsp3) is 0.824. The predicted octanol–water partition coefficient (Wildman–Crippen LogP) is 1.69. The van der Waals surface area contributed by atoms with E-state index in [1.807, 2.05) is 4.90 Å². The summed E-state index contributed by atoms with van der Waals surface area (Å²) in [6.07, 6.45) is 9.70.